The highest BCUT2D eigenvalue weighted by Gasteiger charge is 2.19. The quantitative estimate of drug-likeness (QED) is 0.419. The molecule has 2 aromatic heterocycles. The van der Waals surface area contributed by atoms with Gasteiger partial charge in [-0.3, -0.25) is 19.6 Å². The molecule has 1 amide bonds. The predicted octanol–water partition coefficient (Wildman–Crippen LogP) is 1.00. The van der Waals surface area contributed by atoms with Crippen LogP contribution in [0.5, 0.6) is 0 Å². The first-order valence-electron chi connectivity index (χ1n) is 7.16. The summed E-state index contributed by atoms with van der Waals surface area (Å²) in [6.07, 6.45) is 4.53. The summed E-state index contributed by atoms with van der Waals surface area (Å²) in [7, 11) is 1.55. The smallest absolute Gasteiger partial charge is 0.314 e. The van der Waals surface area contributed by atoms with E-state index in [1.54, 1.807) is 26.3 Å². The molecule has 2 rings (SSSR count). The second-order valence-electron chi connectivity index (χ2n) is 4.98. The third-order valence-electron chi connectivity index (χ3n) is 3.14. The van der Waals surface area contributed by atoms with E-state index < -0.39 is 4.92 Å². The molecule has 2 N–H and O–H groups in total. The van der Waals surface area contributed by atoms with Crippen LogP contribution < -0.4 is 10.6 Å². The van der Waals surface area contributed by atoms with Crippen LogP contribution in [0.3, 0.4) is 0 Å². The van der Waals surface area contributed by atoms with Crippen molar-refractivity contribution in [2.45, 2.75) is 13.5 Å². The summed E-state index contributed by atoms with van der Waals surface area (Å²) in [5.41, 5.74) is 0.908. The normalized spacial score (nSPS) is 10.4. The number of carbonyl (C=O) groups excluding carboxylic acids is 1. The molecule has 128 valence electrons. The standard InChI is InChI=1S/C14H18N6O4/c1-10-3-4-16-14(13(10)20(22)23)18-11-7-17-19(8-11)9-12(21)15-5-6-24-2/h3-4,7-8H,5-6,9H2,1-2H3,(H,15,21)(H,16,18). The van der Waals surface area contributed by atoms with Crippen LogP contribution in [-0.4, -0.2) is 45.9 Å². The number of nitro groups is 1. The Morgan fingerprint density at radius 3 is 3.00 bits per heavy atom. The zero-order chi connectivity index (χ0) is 17.5. The summed E-state index contributed by atoms with van der Waals surface area (Å²) in [4.78, 5) is 26.3. The number of carbonyl (C=O) groups is 1. The Morgan fingerprint density at radius 1 is 1.50 bits per heavy atom. The van der Waals surface area contributed by atoms with Gasteiger partial charge in [-0.25, -0.2) is 4.98 Å². The molecule has 0 atom stereocenters. The molecule has 10 heteroatoms. The number of pyridine rings is 1. The minimum atomic E-state index is -0.488. The third kappa shape index (κ3) is 4.49. The van der Waals surface area contributed by atoms with Crippen molar-refractivity contribution >= 4 is 23.1 Å². The minimum absolute atomic E-state index is 0.0364. The second-order valence-corrected chi connectivity index (χ2v) is 4.98. The number of aromatic nitrogens is 3. The van der Waals surface area contributed by atoms with Crippen LogP contribution in [0.25, 0.3) is 0 Å². The van der Waals surface area contributed by atoms with E-state index >= 15 is 0 Å². The summed E-state index contributed by atoms with van der Waals surface area (Å²) in [6.45, 7) is 2.52. The van der Waals surface area contributed by atoms with E-state index in [1.807, 2.05) is 0 Å². The van der Waals surface area contributed by atoms with Gasteiger partial charge < -0.3 is 15.4 Å². The summed E-state index contributed by atoms with van der Waals surface area (Å²) in [6, 6.07) is 1.57. The molecule has 0 aliphatic carbocycles. The summed E-state index contributed by atoms with van der Waals surface area (Å²) >= 11 is 0. The average Bonchev–Trinajstić information content (AvgIpc) is 2.94. The van der Waals surface area contributed by atoms with Crippen LogP contribution in [0.2, 0.25) is 0 Å². The fraction of sp³-hybridized carbons (Fsp3) is 0.357. The number of hydrogen-bond donors (Lipinski definition) is 2. The van der Waals surface area contributed by atoms with E-state index in [4.69, 9.17) is 4.74 Å². The van der Waals surface area contributed by atoms with Gasteiger partial charge in [-0.2, -0.15) is 5.10 Å². The maximum atomic E-state index is 11.7. The molecule has 10 nitrogen and oxygen atoms in total. The molecule has 0 radical (unpaired) electrons. The van der Waals surface area contributed by atoms with E-state index in [2.05, 4.69) is 20.7 Å². The van der Waals surface area contributed by atoms with Crippen molar-refractivity contribution in [3.05, 3.63) is 40.3 Å². The van der Waals surface area contributed by atoms with Crippen LogP contribution in [0.1, 0.15) is 5.56 Å². The highest BCUT2D eigenvalue weighted by atomic mass is 16.6. The average molecular weight is 334 g/mol. The van der Waals surface area contributed by atoms with Gasteiger partial charge in [-0.05, 0) is 13.0 Å². The number of methoxy groups -OCH3 is 1. The summed E-state index contributed by atoms with van der Waals surface area (Å²) < 4.78 is 6.27. The van der Waals surface area contributed by atoms with Gasteiger partial charge in [-0.15, -0.1) is 0 Å². The fourth-order valence-corrected chi connectivity index (χ4v) is 2.02. The van der Waals surface area contributed by atoms with Gasteiger partial charge >= 0.3 is 5.69 Å². The molecule has 24 heavy (non-hydrogen) atoms. The molecule has 2 heterocycles. The highest BCUT2D eigenvalue weighted by molar-refractivity contribution is 5.75. The Bertz CT molecular complexity index is 730. The minimum Gasteiger partial charge on any atom is -0.383 e. The van der Waals surface area contributed by atoms with Crippen LogP contribution in [-0.2, 0) is 16.1 Å². The molecule has 2 aromatic rings. The van der Waals surface area contributed by atoms with Crippen LogP contribution in [0, 0.1) is 17.0 Å². The monoisotopic (exact) mass is 334 g/mol. The van der Waals surface area contributed by atoms with Gasteiger partial charge in [0.15, 0.2) is 0 Å². The summed E-state index contributed by atoms with van der Waals surface area (Å²) in [5, 5.41) is 20.7. The Labute approximate surface area is 138 Å². The molecule has 0 spiro atoms. The first kappa shape index (κ1) is 17.3. The van der Waals surface area contributed by atoms with Crippen molar-refractivity contribution in [1.29, 1.82) is 0 Å². The van der Waals surface area contributed by atoms with Gasteiger partial charge in [-0.1, -0.05) is 0 Å². The number of nitrogens with zero attached hydrogens (tertiary/aromatic N) is 4. The maximum Gasteiger partial charge on any atom is 0.314 e. The summed E-state index contributed by atoms with van der Waals surface area (Å²) in [5.74, 6) is -0.0783. The number of ether oxygens (including phenoxy) is 1. The number of aryl methyl sites for hydroxylation is 1. The zero-order valence-corrected chi connectivity index (χ0v) is 13.4. The molecule has 0 unspecified atom stereocenters. The van der Waals surface area contributed by atoms with Crippen LogP contribution in [0.4, 0.5) is 17.2 Å². The Morgan fingerprint density at radius 2 is 2.29 bits per heavy atom. The number of rotatable bonds is 8. The van der Waals surface area contributed by atoms with Crippen LogP contribution in [0.15, 0.2) is 24.7 Å². The number of anilines is 2. The molecule has 0 bridgehead atoms. The van der Waals surface area contributed by atoms with E-state index in [9.17, 15) is 14.9 Å². The van der Waals surface area contributed by atoms with Gasteiger partial charge in [0.05, 0.1) is 23.4 Å². The fourth-order valence-electron chi connectivity index (χ4n) is 2.02. The van der Waals surface area contributed by atoms with Crippen molar-refractivity contribution in [2.24, 2.45) is 0 Å². The second kappa shape index (κ2) is 8.02. The predicted molar refractivity (Wildman–Crippen MR) is 86.0 cm³/mol. The van der Waals surface area contributed by atoms with E-state index in [1.165, 1.54) is 17.1 Å². The third-order valence-corrected chi connectivity index (χ3v) is 3.14. The molecular formula is C14H18N6O4. The lowest BCUT2D eigenvalue weighted by atomic mass is 10.2. The highest BCUT2D eigenvalue weighted by Crippen LogP contribution is 2.27. The van der Waals surface area contributed by atoms with E-state index in [-0.39, 0.29) is 24.0 Å². The molecule has 0 saturated heterocycles. The lowest BCUT2D eigenvalue weighted by molar-refractivity contribution is -0.384. The first-order valence-corrected chi connectivity index (χ1v) is 7.16. The van der Waals surface area contributed by atoms with Gasteiger partial charge in [0.25, 0.3) is 0 Å². The van der Waals surface area contributed by atoms with Gasteiger partial charge in [0.2, 0.25) is 11.7 Å². The van der Waals surface area contributed by atoms with E-state index in [0.29, 0.717) is 24.4 Å². The molecule has 0 aliphatic heterocycles. The number of nitrogens with one attached hydrogen (secondary N) is 2. The maximum absolute atomic E-state index is 11.7. The zero-order valence-electron chi connectivity index (χ0n) is 13.4. The van der Waals surface area contributed by atoms with Crippen molar-refractivity contribution in [2.75, 3.05) is 25.6 Å². The Balaban J connectivity index is 2.03. The lowest BCUT2D eigenvalue weighted by Crippen LogP contribution is -2.30. The Kier molecular flexibility index (Phi) is 5.79. The first-order chi connectivity index (χ1) is 11.5. The van der Waals surface area contributed by atoms with Crippen molar-refractivity contribution < 1.29 is 14.5 Å². The van der Waals surface area contributed by atoms with Crippen LogP contribution >= 0.6 is 0 Å². The van der Waals surface area contributed by atoms with Crippen molar-refractivity contribution in [1.82, 2.24) is 20.1 Å². The molecule has 0 aromatic carbocycles. The number of amides is 1. The van der Waals surface area contributed by atoms with Gasteiger partial charge in [0.1, 0.15) is 6.54 Å². The van der Waals surface area contributed by atoms with E-state index in [0.717, 1.165) is 0 Å². The lowest BCUT2D eigenvalue weighted by Gasteiger charge is -2.05. The van der Waals surface area contributed by atoms with Crippen molar-refractivity contribution in [3.63, 3.8) is 0 Å². The molecule has 0 saturated carbocycles. The SMILES string of the molecule is COCCNC(=O)Cn1cc(Nc2nccc(C)c2[N+](=O)[O-])cn1. The Hall–Kier alpha value is -3.01. The molecular weight excluding hydrogens is 316 g/mol. The van der Waals surface area contributed by atoms with Gasteiger partial charge in [0, 0.05) is 31.6 Å². The molecule has 0 fully saturated rings. The topological polar surface area (TPSA) is 124 Å². The largest absolute Gasteiger partial charge is 0.383 e. The van der Waals surface area contributed by atoms with Crippen molar-refractivity contribution in [3.8, 4) is 0 Å². The molecule has 0 aliphatic rings. The number of hydrogen-bond acceptors (Lipinski definition) is 7.